The Labute approximate surface area is 206 Å². The number of para-hydroxylation sites is 1. The van der Waals surface area contributed by atoms with Crippen molar-refractivity contribution in [1.29, 1.82) is 0 Å². The van der Waals surface area contributed by atoms with Gasteiger partial charge in [-0.25, -0.2) is 0 Å². The van der Waals surface area contributed by atoms with Gasteiger partial charge in [-0.1, -0.05) is 92.7 Å². The predicted molar refractivity (Wildman–Crippen MR) is 142 cm³/mol. The van der Waals surface area contributed by atoms with Crippen molar-refractivity contribution >= 4 is 0 Å². The predicted octanol–water partition coefficient (Wildman–Crippen LogP) is 8.20. The quantitative estimate of drug-likeness (QED) is 0.274. The molecule has 2 heteroatoms. The molecular formula is C33H26NO. The fourth-order valence-corrected chi connectivity index (χ4v) is 5.08. The fourth-order valence-electron chi connectivity index (χ4n) is 5.08. The first kappa shape index (κ1) is 21.4. The molecule has 2 nitrogen and oxygen atoms in total. The Morgan fingerprint density at radius 3 is 1.94 bits per heavy atom. The smallest absolute Gasteiger partial charge is 0.131 e. The Morgan fingerprint density at radius 1 is 0.571 bits per heavy atom. The Bertz CT molecular complexity index is 1430. The summed E-state index contributed by atoms with van der Waals surface area (Å²) in [7, 11) is 0. The molecule has 0 bridgehead atoms. The second-order valence-corrected chi connectivity index (χ2v) is 9.49. The van der Waals surface area contributed by atoms with Crippen LogP contribution in [-0.2, 0) is 5.41 Å². The molecule has 0 saturated carbocycles. The average molecular weight is 453 g/mol. The molecule has 0 unspecified atom stereocenters. The molecule has 0 amide bonds. The van der Waals surface area contributed by atoms with Crippen LogP contribution in [0.5, 0.6) is 11.5 Å². The maximum Gasteiger partial charge on any atom is 0.131 e. The molecule has 5 aromatic rings. The normalized spacial score (nSPS) is 13.6. The zero-order valence-corrected chi connectivity index (χ0v) is 19.9. The van der Waals surface area contributed by atoms with Gasteiger partial charge >= 0.3 is 0 Å². The van der Waals surface area contributed by atoms with Gasteiger partial charge in [0, 0.05) is 28.9 Å². The van der Waals surface area contributed by atoms with E-state index in [1.165, 1.54) is 39.3 Å². The molecule has 0 spiro atoms. The SMILES string of the molecule is CC1(C)c2ccccc2Oc2ccc(-c3ccc([C](c4ccccc4)c4ccncc4)cc3)cc21. The summed E-state index contributed by atoms with van der Waals surface area (Å²) in [5.74, 6) is 3.09. The summed E-state index contributed by atoms with van der Waals surface area (Å²) in [4.78, 5) is 4.21. The third kappa shape index (κ3) is 3.81. The Morgan fingerprint density at radius 2 is 1.17 bits per heavy atom. The summed E-state index contributed by atoms with van der Waals surface area (Å²) in [5, 5.41) is 0. The van der Waals surface area contributed by atoms with Crippen LogP contribution in [0.25, 0.3) is 11.1 Å². The van der Waals surface area contributed by atoms with Gasteiger partial charge < -0.3 is 4.74 Å². The molecule has 2 heterocycles. The minimum atomic E-state index is -0.129. The summed E-state index contributed by atoms with van der Waals surface area (Å²) >= 11 is 0. The van der Waals surface area contributed by atoms with Crippen LogP contribution in [0.3, 0.4) is 0 Å². The lowest BCUT2D eigenvalue weighted by Crippen LogP contribution is -2.24. The third-order valence-corrected chi connectivity index (χ3v) is 6.97. The van der Waals surface area contributed by atoms with Crippen molar-refractivity contribution in [3.63, 3.8) is 0 Å². The maximum atomic E-state index is 6.24. The summed E-state index contributed by atoms with van der Waals surface area (Å²) in [6, 6.07) is 38.4. The van der Waals surface area contributed by atoms with E-state index in [1.54, 1.807) is 0 Å². The number of aromatic nitrogens is 1. The van der Waals surface area contributed by atoms with Gasteiger partial charge in [-0.15, -0.1) is 0 Å². The monoisotopic (exact) mass is 452 g/mol. The molecule has 1 radical (unpaired) electrons. The summed E-state index contributed by atoms with van der Waals surface area (Å²) in [5.41, 5.74) is 8.22. The first-order valence-electron chi connectivity index (χ1n) is 12.0. The molecule has 4 aromatic carbocycles. The summed E-state index contributed by atoms with van der Waals surface area (Å²) in [6.45, 7) is 4.55. The zero-order valence-electron chi connectivity index (χ0n) is 19.9. The number of fused-ring (bicyclic) bond motifs is 2. The van der Waals surface area contributed by atoms with Crippen molar-refractivity contribution in [1.82, 2.24) is 4.98 Å². The Hall–Kier alpha value is -4.17. The average Bonchev–Trinajstić information content (AvgIpc) is 2.91. The van der Waals surface area contributed by atoms with Gasteiger partial charge in [0.25, 0.3) is 0 Å². The number of ether oxygens (including phenoxy) is 1. The van der Waals surface area contributed by atoms with E-state index in [1.807, 2.05) is 18.5 Å². The zero-order chi connectivity index (χ0) is 23.8. The van der Waals surface area contributed by atoms with Crippen molar-refractivity contribution < 1.29 is 4.74 Å². The molecule has 35 heavy (non-hydrogen) atoms. The highest BCUT2D eigenvalue weighted by Crippen LogP contribution is 2.48. The topological polar surface area (TPSA) is 22.1 Å². The Kier molecular flexibility index (Phi) is 5.22. The molecule has 0 aliphatic carbocycles. The van der Waals surface area contributed by atoms with Crippen molar-refractivity contribution in [3.05, 3.63) is 155 Å². The van der Waals surface area contributed by atoms with Gasteiger partial charge in [-0.3, -0.25) is 4.98 Å². The lowest BCUT2D eigenvalue weighted by Gasteiger charge is -2.34. The van der Waals surface area contributed by atoms with Crippen molar-refractivity contribution in [2.75, 3.05) is 0 Å². The van der Waals surface area contributed by atoms with Crippen LogP contribution < -0.4 is 4.74 Å². The van der Waals surface area contributed by atoms with E-state index < -0.39 is 0 Å². The summed E-state index contributed by atoms with van der Waals surface area (Å²) < 4.78 is 6.24. The second-order valence-electron chi connectivity index (χ2n) is 9.49. The minimum Gasteiger partial charge on any atom is -0.457 e. The van der Waals surface area contributed by atoms with E-state index in [0.29, 0.717) is 0 Å². The standard InChI is InChI=1S/C33H26NO/c1-33(2)28-10-6-7-11-30(28)35-31-17-16-27(22-29(31)33)23-12-14-25(15-13-23)32(24-8-4-3-5-9-24)26-18-20-34-21-19-26/h3-22H,1-2H3. The van der Waals surface area contributed by atoms with Crippen molar-refractivity contribution in [2.24, 2.45) is 0 Å². The molecule has 0 fully saturated rings. The van der Waals surface area contributed by atoms with Gasteiger partial charge in [-0.2, -0.15) is 0 Å². The molecular weight excluding hydrogens is 426 g/mol. The molecule has 1 aliphatic heterocycles. The molecule has 0 atom stereocenters. The number of hydrogen-bond donors (Lipinski definition) is 0. The van der Waals surface area contributed by atoms with Crippen molar-refractivity contribution in [3.8, 4) is 22.6 Å². The Balaban J connectivity index is 1.37. The van der Waals surface area contributed by atoms with E-state index in [4.69, 9.17) is 4.74 Å². The van der Waals surface area contributed by atoms with Crippen LogP contribution >= 0.6 is 0 Å². The minimum absolute atomic E-state index is 0.129. The number of nitrogens with zero attached hydrogens (tertiary/aromatic N) is 1. The molecule has 6 rings (SSSR count). The van der Waals surface area contributed by atoms with Crippen LogP contribution in [0, 0.1) is 5.92 Å². The molecule has 169 valence electrons. The van der Waals surface area contributed by atoms with E-state index in [0.717, 1.165) is 17.1 Å². The first-order chi connectivity index (χ1) is 17.1. The van der Waals surface area contributed by atoms with E-state index in [2.05, 4.69) is 122 Å². The highest BCUT2D eigenvalue weighted by atomic mass is 16.5. The molecule has 1 aliphatic rings. The summed E-state index contributed by atoms with van der Waals surface area (Å²) in [6.07, 6.45) is 3.70. The van der Waals surface area contributed by atoms with Crippen LogP contribution in [0.15, 0.2) is 122 Å². The van der Waals surface area contributed by atoms with Gasteiger partial charge in [0.2, 0.25) is 0 Å². The van der Waals surface area contributed by atoms with Crippen LogP contribution in [0.2, 0.25) is 0 Å². The second kappa shape index (κ2) is 8.56. The largest absolute Gasteiger partial charge is 0.457 e. The van der Waals surface area contributed by atoms with Gasteiger partial charge in [0.15, 0.2) is 0 Å². The fraction of sp³-hybridized carbons (Fsp3) is 0.0909. The van der Waals surface area contributed by atoms with Crippen LogP contribution in [-0.4, -0.2) is 4.98 Å². The molecule has 0 N–H and O–H groups in total. The number of pyridine rings is 1. The van der Waals surface area contributed by atoms with Crippen molar-refractivity contribution in [2.45, 2.75) is 19.3 Å². The lowest BCUT2D eigenvalue weighted by molar-refractivity contribution is 0.418. The van der Waals surface area contributed by atoms with Crippen LogP contribution in [0.4, 0.5) is 0 Å². The maximum absolute atomic E-state index is 6.24. The lowest BCUT2D eigenvalue weighted by atomic mass is 9.75. The van der Waals surface area contributed by atoms with Crippen LogP contribution in [0.1, 0.15) is 41.7 Å². The number of rotatable bonds is 4. The van der Waals surface area contributed by atoms with Gasteiger partial charge in [0.05, 0.1) is 5.92 Å². The van der Waals surface area contributed by atoms with Gasteiger partial charge in [-0.05, 0) is 58.1 Å². The highest BCUT2D eigenvalue weighted by Gasteiger charge is 2.34. The van der Waals surface area contributed by atoms with E-state index in [-0.39, 0.29) is 5.41 Å². The van der Waals surface area contributed by atoms with E-state index >= 15 is 0 Å². The highest BCUT2D eigenvalue weighted by molar-refractivity contribution is 5.70. The third-order valence-electron chi connectivity index (χ3n) is 6.97. The van der Waals surface area contributed by atoms with Gasteiger partial charge in [0.1, 0.15) is 11.5 Å². The molecule has 0 saturated heterocycles. The number of benzene rings is 4. The van der Waals surface area contributed by atoms with E-state index in [9.17, 15) is 0 Å². The first-order valence-corrected chi connectivity index (χ1v) is 12.0. The number of hydrogen-bond acceptors (Lipinski definition) is 2. The molecule has 1 aromatic heterocycles.